The molecule has 1 aromatic rings. The Morgan fingerprint density at radius 1 is 1.62 bits per heavy atom. The topological polar surface area (TPSA) is 71.5 Å². The van der Waals surface area contributed by atoms with Crippen molar-refractivity contribution in [3.63, 3.8) is 0 Å². The van der Waals surface area contributed by atoms with E-state index in [0.29, 0.717) is 19.6 Å². The minimum atomic E-state index is -4.52. The van der Waals surface area contributed by atoms with Gasteiger partial charge in [-0.3, -0.25) is 0 Å². The van der Waals surface area contributed by atoms with Crippen molar-refractivity contribution < 1.29 is 27.8 Å². The molecule has 2 atom stereocenters. The molecule has 1 saturated heterocycles. The van der Waals surface area contributed by atoms with Crippen LogP contribution in [0.25, 0.3) is 0 Å². The number of carbonyl (C=O) groups is 1. The Hall–Kier alpha value is -1.35. The van der Waals surface area contributed by atoms with Crippen LogP contribution in [0.15, 0.2) is 5.38 Å². The Balaban J connectivity index is 1.99. The molecule has 2 unspecified atom stereocenters. The second-order valence-corrected chi connectivity index (χ2v) is 5.75. The van der Waals surface area contributed by atoms with E-state index in [1.54, 1.807) is 0 Å². The summed E-state index contributed by atoms with van der Waals surface area (Å²) in [6.07, 6.45) is -2.49. The van der Waals surface area contributed by atoms with Crippen molar-refractivity contribution in [1.82, 2.24) is 4.98 Å². The molecule has 5 nitrogen and oxygen atoms in total. The lowest BCUT2D eigenvalue weighted by molar-refractivity contribution is -0.140. The summed E-state index contributed by atoms with van der Waals surface area (Å²) in [4.78, 5) is 14.6. The summed E-state index contributed by atoms with van der Waals surface area (Å²) in [6.45, 7) is 1.15. The largest absolute Gasteiger partial charge is 0.480 e. The average molecular weight is 324 g/mol. The summed E-state index contributed by atoms with van der Waals surface area (Å²) in [5.74, 6) is -1.02. The number of thiazole rings is 1. The SMILES string of the molecule is O=C(O)C(CC1CCCOC1)Nc1nc(C(F)(F)F)cs1. The van der Waals surface area contributed by atoms with E-state index in [2.05, 4.69) is 10.3 Å². The zero-order valence-corrected chi connectivity index (χ0v) is 11.8. The number of nitrogens with zero attached hydrogens (tertiary/aromatic N) is 1. The second-order valence-electron chi connectivity index (χ2n) is 4.89. The van der Waals surface area contributed by atoms with Crippen LogP contribution < -0.4 is 5.32 Å². The van der Waals surface area contributed by atoms with Gasteiger partial charge in [-0.05, 0) is 25.2 Å². The van der Waals surface area contributed by atoms with Gasteiger partial charge in [-0.2, -0.15) is 13.2 Å². The van der Waals surface area contributed by atoms with E-state index in [1.807, 2.05) is 0 Å². The molecule has 2 heterocycles. The number of ether oxygens (including phenoxy) is 1. The number of alkyl halides is 3. The fraction of sp³-hybridized carbons (Fsp3) is 0.667. The van der Waals surface area contributed by atoms with E-state index in [-0.39, 0.29) is 11.0 Å². The van der Waals surface area contributed by atoms with Crippen molar-refractivity contribution >= 4 is 22.4 Å². The normalized spacial score (nSPS) is 21.0. The fourth-order valence-electron chi connectivity index (χ4n) is 2.17. The van der Waals surface area contributed by atoms with E-state index in [4.69, 9.17) is 4.74 Å². The predicted octanol–water partition coefficient (Wildman–Crippen LogP) is 2.84. The van der Waals surface area contributed by atoms with Gasteiger partial charge in [0.2, 0.25) is 0 Å². The number of aromatic nitrogens is 1. The van der Waals surface area contributed by atoms with Gasteiger partial charge >= 0.3 is 12.1 Å². The van der Waals surface area contributed by atoms with Crippen molar-refractivity contribution in [3.8, 4) is 0 Å². The maximum atomic E-state index is 12.5. The van der Waals surface area contributed by atoms with E-state index < -0.39 is 23.9 Å². The number of halogens is 3. The molecule has 2 N–H and O–H groups in total. The molecule has 1 aliphatic heterocycles. The van der Waals surface area contributed by atoms with Crippen LogP contribution in [0.3, 0.4) is 0 Å². The number of hydrogen-bond acceptors (Lipinski definition) is 5. The first-order chi connectivity index (χ1) is 9.86. The third kappa shape index (κ3) is 4.57. The third-order valence-electron chi connectivity index (χ3n) is 3.21. The molecule has 9 heteroatoms. The van der Waals surface area contributed by atoms with Gasteiger partial charge in [0.15, 0.2) is 10.8 Å². The highest BCUT2D eigenvalue weighted by molar-refractivity contribution is 7.13. The van der Waals surface area contributed by atoms with Crippen LogP contribution in [0.4, 0.5) is 18.3 Å². The van der Waals surface area contributed by atoms with Crippen LogP contribution in [-0.2, 0) is 15.7 Å². The number of carboxylic acids is 1. The summed E-state index contributed by atoms with van der Waals surface area (Å²) in [5.41, 5.74) is -1.01. The highest BCUT2D eigenvalue weighted by Crippen LogP contribution is 2.32. The van der Waals surface area contributed by atoms with Gasteiger partial charge in [0.1, 0.15) is 6.04 Å². The monoisotopic (exact) mass is 324 g/mol. The lowest BCUT2D eigenvalue weighted by Gasteiger charge is -2.25. The molecule has 0 spiro atoms. The quantitative estimate of drug-likeness (QED) is 0.871. The molecule has 0 amide bonds. The van der Waals surface area contributed by atoms with E-state index in [9.17, 15) is 23.1 Å². The first kappa shape index (κ1) is 16.0. The van der Waals surface area contributed by atoms with Crippen LogP contribution in [0.5, 0.6) is 0 Å². The predicted molar refractivity (Wildman–Crippen MR) is 70.3 cm³/mol. The molecule has 0 saturated carbocycles. The summed E-state index contributed by atoms with van der Waals surface area (Å²) in [5, 5.41) is 12.6. The lowest BCUT2D eigenvalue weighted by atomic mass is 9.94. The van der Waals surface area contributed by atoms with E-state index in [0.717, 1.165) is 29.6 Å². The van der Waals surface area contributed by atoms with Gasteiger partial charge in [0, 0.05) is 18.6 Å². The zero-order chi connectivity index (χ0) is 15.5. The molecule has 21 heavy (non-hydrogen) atoms. The number of rotatable bonds is 5. The minimum absolute atomic E-state index is 0.0357. The molecular weight excluding hydrogens is 309 g/mol. The molecule has 2 rings (SSSR count). The number of anilines is 1. The Kier molecular flexibility index (Phi) is 5.04. The van der Waals surface area contributed by atoms with Gasteiger partial charge < -0.3 is 15.2 Å². The highest BCUT2D eigenvalue weighted by Gasteiger charge is 2.34. The van der Waals surface area contributed by atoms with Crippen molar-refractivity contribution in [2.24, 2.45) is 5.92 Å². The van der Waals surface area contributed by atoms with Crippen LogP contribution in [0.2, 0.25) is 0 Å². The molecular formula is C12H15F3N2O3S. The van der Waals surface area contributed by atoms with Gasteiger partial charge in [-0.15, -0.1) is 11.3 Å². The standard InChI is InChI=1S/C12H15F3N2O3S/c13-12(14,15)9-6-21-11(17-9)16-8(10(18)19)4-7-2-1-3-20-5-7/h6-8H,1-5H2,(H,16,17)(H,18,19). The maximum Gasteiger partial charge on any atom is 0.434 e. The smallest absolute Gasteiger partial charge is 0.434 e. The van der Waals surface area contributed by atoms with Crippen LogP contribution >= 0.6 is 11.3 Å². The van der Waals surface area contributed by atoms with Crippen molar-refractivity contribution in [1.29, 1.82) is 0 Å². The average Bonchev–Trinajstić information content (AvgIpc) is 2.87. The summed E-state index contributed by atoms with van der Waals surface area (Å²) < 4.78 is 42.6. The second kappa shape index (κ2) is 6.61. The molecule has 0 radical (unpaired) electrons. The summed E-state index contributed by atoms with van der Waals surface area (Å²) in [6, 6.07) is -0.969. The number of hydrogen-bond donors (Lipinski definition) is 2. The van der Waals surface area contributed by atoms with Gasteiger partial charge in [0.25, 0.3) is 0 Å². The molecule has 1 aliphatic rings. The molecule has 118 valence electrons. The third-order valence-corrected chi connectivity index (χ3v) is 3.99. The van der Waals surface area contributed by atoms with Gasteiger partial charge in [-0.1, -0.05) is 0 Å². The summed E-state index contributed by atoms with van der Waals surface area (Å²) in [7, 11) is 0. The van der Waals surface area contributed by atoms with Crippen molar-refractivity contribution in [2.75, 3.05) is 18.5 Å². The fourth-order valence-corrected chi connectivity index (χ4v) is 2.94. The van der Waals surface area contributed by atoms with Gasteiger partial charge in [-0.25, -0.2) is 9.78 Å². The first-order valence-corrected chi connectivity index (χ1v) is 7.34. The Bertz CT molecular complexity index is 486. The van der Waals surface area contributed by atoms with Gasteiger partial charge in [0.05, 0.1) is 0 Å². The lowest BCUT2D eigenvalue weighted by Crippen LogP contribution is -2.33. The first-order valence-electron chi connectivity index (χ1n) is 6.46. The number of carboxylic acid groups (broad SMARTS) is 1. The van der Waals surface area contributed by atoms with E-state index >= 15 is 0 Å². The number of nitrogens with one attached hydrogen (secondary N) is 1. The van der Waals surface area contributed by atoms with E-state index in [1.165, 1.54) is 0 Å². The van der Waals surface area contributed by atoms with Crippen LogP contribution in [0.1, 0.15) is 25.0 Å². The zero-order valence-electron chi connectivity index (χ0n) is 11.0. The molecule has 0 bridgehead atoms. The molecule has 1 aromatic heterocycles. The van der Waals surface area contributed by atoms with Crippen LogP contribution in [0, 0.1) is 5.92 Å². The Labute approximate surface area is 123 Å². The molecule has 0 aliphatic carbocycles. The summed E-state index contributed by atoms with van der Waals surface area (Å²) >= 11 is 0.747. The highest BCUT2D eigenvalue weighted by atomic mass is 32.1. The minimum Gasteiger partial charge on any atom is -0.480 e. The number of aliphatic carboxylic acids is 1. The maximum absolute atomic E-state index is 12.5. The Morgan fingerprint density at radius 3 is 2.90 bits per heavy atom. The van der Waals surface area contributed by atoms with Crippen molar-refractivity contribution in [2.45, 2.75) is 31.5 Å². The molecule has 1 fully saturated rings. The van der Waals surface area contributed by atoms with Crippen molar-refractivity contribution in [3.05, 3.63) is 11.1 Å². The molecule has 0 aromatic carbocycles. The van der Waals surface area contributed by atoms with Crippen LogP contribution in [-0.4, -0.2) is 35.3 Å². The Morgan fingerprint density at radius 2 is 2.38 bits per heavy atom.